The summed E-state index contributed by atoms with van der Waals surface area (Å²) in [6.07, 6.45) is 2.70. The molecular weight excluding hydrogens is 127 g/mol. The van der Waals surface area contributed by atoms with Gasteiger partial charge in [-0.1, -0.05) is 42.5 Å². The van der Waals surface area contributed by atoms with Crippen LogP contribution in [0.15, 0.2) is 30.8 Å². The quantitative estimate of drug-likeness (QED) is 0.389. The van der Waals surface area contributed by atoms with E-state index < -0.39 is 0 Å². The van der Waals surface area contributed by atoms with Crippen LogP contribution < -0.4 is 18.9 Å². The van der Waals surface area contributed by atoms with Crippen molar-refractivity contribution >= 4 is 6.08 Å². The molecule has 0 bridgehead atoms. The van der Waals surface area contributed by atoms with E-state index in [0.717, 1.165) is 6.42 Å². The third kappa shape index (κ3) is 2.58. The van der Waals surface area contributed by atoms with Crippen LogP contribution in [0, 0.1) is 6.92 Å². The predicted octanol–water partition coefficient (Wildman–Crippen LogP) is -0.290. The molecule has 0 unspecified atom stereocenters. The molecule has 0 nitrogen and oxygen atoms in total. The fourth-order valence-electron chi connectivity index (χ4n) is 0.961. The van der Waals surface area contributed by atoms with Crippen molar-refractivity contribution < 1.29 is 18.9 Å². The molecule has 0 radical (unpaired) electrons. The molecule has 1 heteroatoms. The summed E-state index contributed by atoms with van der Waals surface area (Å²) in [5.41, 5.74) is 2.45. The van der Waals surface area contributed by atoms with Gasteiger partial charge in [-0.25, -0.2) is 0 Å². The average molecular weight is 138 g/mol. The molecule has 0 aliphatic rings. The van der Waals surface area contributed by atoms with Crippen molar-refractivity contribution in [3.63, 3.8) is 0 Å². The summed E-state index contributed by atoms with van der Waals surface area (Å²) in [6.45, 7) is 7.53. The second-order valence-corrected chi connectivity index (χ2v) is 2.15. The molecule has 1 aromatic carbocycles. The van der Waals surface area contributed by atoms with Crippen LogP contribution in [0.1, 0.15) is 11.1 Å². The van der Waals surface area contributed by atoms with Crippen molar-refractivity contribution in [3.8, 4) is 0 Å². The smallest absolute Gasteiger partial charge is 0.339 e. The van der Waals surface area contributed by atoms with Crippen molar-refractivity contribution in [1.82, 2.24) is 0 Å². The van der Waals surface area contributed by atoms with Crippen LogP contribution in [0.4, 0.5) is 0 Å². The Hall–Kier alpha value is -0.443. The standard InChI is InChI=1S/C10H11.Li/c1-3-9-7-5-6-8-10(9)4-2;/h3,5-8H,1-2,4H2;/q-1;+1. The Morgan fingerprint density at radius 1 is 1.36 bits per heavy atom. The SMILES string of the molecule is C=Cc1ccccc1C[CH2-].[Li+]. The zero-order valence-electron chi connectivity index (χ0n) is 7.01. The molecule has 0 aliphatic carbocycles. The van der Waals surface area contributed by atoms with Gasteiger partial charge in [-0.2, -0.15) is 6.42 Å². The minimum absolute atomic E-state index is 0. The Kier molecular flexibility index (Phi) is 5.03. The zero-order chi connectivity index (χ0) is 7.40. The number of rotatable bonds is 2. The van der Waals surface area contributed by atoms with Crippen molar-refractivity contribution in [2.75, 3.05) is 0 Å². The van der Waals surface area contributed by atoms with Gasteiger partial charge in [-0.05, 0) is 5.56 Å². The van der Waals surface area contributed by atoms with E-state index in [9.17, 15) is 0 Å². The summed E-state index contributed by atoms with van der Waals surface area (Å²) in [4.78, 5) is 0. The second-order valence-electron chi connectivity index (χ2n) is 2.15. The van der Waals surface area contributed by atoms with E-state index in [1.165, 1.54) is 11.1 Å². The zero-order valence-corrected chi connectivity index (χ0v) is 7.01. The van der Waals surface area contributed by atoms with E-state index in [-0.39, 0.29) is 18.9 Å². The molecule has 0 aromatic heterocycles. The Morgan fingerprint density at radius 2 is 2.00 bits per heavy atom. The number of hydrogen-bond donors (Lipinski definition) is 0. The van der Waals surface area contributed by atoms with Gasteiger partial charge in [0.15, 0.2) is 0 Å². The summed E-state index contributed by atoms with van der Waals surface area (Å²) in [7, 11) is 0. The molecule has 1 rings (SSSR count). The normalized spacial score (nSPS) is 8.45. The summed E-state index contributed by atoms with van der Waals surface area (Å²) in [6, 6.07) is 8.15. The van der Waals surface area contributed by atoms with Gasteiger partial charge in [0.1, 0.15) is 0 Å². The summed E-state index contributed by atoms with van der Waals surface area (Å²) in [5, 5.41) is 0. The number of hydrogen-bond acceptors (Lipinski definition) is 0. The van der Waals surface area contributed by atoms with E-state index in [4.69, 9.17) is 0 Å². The van der Waals surface area contributed by atoms with Crippen molar-refractivity contribution in [3.05, 3.63) is 48.9 Å². The van der Waals surface area contributed by atoms with Crippen molar-refractivity contribution in [1.29, 1.82) is 0 Å². The predicted molar refractivity (Wildman–Crippen MR) is 45.6 cm³/mol. The van der Waals surface area contributed by atoms with Crippen LogP contribution in [-0.4, -0.2) is 0 Å². The summed E-state index contributed by atoms with van der Waals surface area (Å²) < 4.78 is 0. The maximum atomic E-state index is 3.82. The first-order valence-corrected chi connectivity index (χ1v) is 3.38. The van der Waals surface area contributed by atoms with Gasteiger partial charge in [0.05, 0.1) is 0 Å². The molecule has 0 spiro atoms. The van der Waals surface area contributed by atoms with Gasteiger partial charge in [-0.15, -0.1) is 0 Å². The van der Waals surface area contributed by atoms with Crippen molar-refractivity contribution in [2.45, 2.75) is 6.42 Å². The third-order valence-electron chi connectivity index (χ3n) is 1.54. The van der Waals surface area contributed by atoms with E-state index >= 15 is 0 Å². The molecule has 0 saturated carbocycles. The average Bonchev–Trinajstić information content (AvgIpc) is 2.04. The van der Waals surface area contributed by atoms with Crippen LogP contribution in [0.25, 0.3) is 6.08 Å². The maximum absolute atomic E-state index is 3.82. The first kappa shape index (κ1) is 10.6. The largest absolute Gasteiger partial charge is 1.00 e. The van der Waals surface area contributed by atoms with Gasteiger partial charge in [0.2, 0.25) is 0 Å². The first-order valence-electron chi connectivity index (χ1n) is 3.38. The Balaban J connectivity index is 0.000001000. The van der Waals surface area contributed by atoms with E-state index in [2.05, 4.69) is 19.6 Å². The van der Waals surface area contributed by atoms with E-state index in [1.54, 1.807) is 0 Å². The maximum Gasteiger partial charge on any atom is 1.00 e. The molecule has 0 N–H and O–H groups in total. The third-order valence-corrected chi connectivity index (χ3v) is 1.54. The van der Waals surface area contributed by atoms with Crippen LogP contribution in [-0.2, 0) is 6.42 Å². The molecule has 0 aliphatic heterocycles. The van der Waals surface area contributed by atoms with E-state index in [1.807, 2.05) is 24.3 Å². The molecule has 0 atom stereocenters. The van der Waals surface area contributed by atoms with Crippen LogP contribution in [0.5, 0.6) is 0 Å². The Morgan fingerprint density at radius 3 is 2.45 bits per heavy atom. The summed E-state index contributed by atoms with van der Waals surface area (Å²) >= 11 is 0. The molecule has 11 heavy (non-hydrogen) atoms. The molecule has 0 saturated heterocycles. The molecule has 0 fully saturated rings. The molecule has 52 valence electrons. The van der Waals surface area contributed by atoms with Crippen LogP contribution >= 0.6 is 0 Å². The van der Waals surface area contributed by atoms with E-state index in [0.29, 0.717) is 0 Å². The molecular formula is C10H11Li. The molecule has 0 amide bonds. The first-order chi connectivity index (χ1) is 4.88. The topological polar surface area (TPSA) is 0 Å². The van der Waals surface area contributed by atoms with Crippen molar-refractivity contribution in [2.24, 2.45) is 0 Å². The fourth-order valence-corrected chi connectivity index (χ4v) is 0.961. The van der Waals surface area contributed by atoms with Crippen LogP contribution in [0.2, 0.25) is 0 Å². The van der Waals surface area contributed by atoms with Gasteiger partial charge in [0.25, 0.3) is 0 Å². The fraction of sp³-hybridized carbons (Fsp3) is 0.100. The Bertz CT molecular complexity index is 228. The second kappa shape index (κ2) is 5.24. The van der Waals surface area contributed by atoms with Gasteiger partial charge < -0.3 is 6.92 Å². The molecule has 1 aromatic rings. The minimum atomic E-state index is 0. The van der Waals surface area contributed by atoms with Crippen LogP contribution in [0.3, 0.4) is 0 Å². The van der Waals surface area contributed by atoms with Gasteiger partial charge >= 0.3 is 18.9 Å². The summed E-state index contributed by atoms with van der Waals surface area (Å²) in [5.74, 6) is 0. The Labute approximate surface area is 80.5 Å². The monoisotopic (exact) mass is 138 g/mol. The van der Waals surface area contributed by atoms with Gasteiger partial charge in [0, 0.05) is 0 Å². The van der Waals surface area contributed by atoms with Gasteiger partial charge in [-0.3, -0.25) is 0 Å². The minimum Gasteiger partial charge on any atom is -0.339 e. The molecule has 0 heterocycles. The number of benzene rings is 1.